The molecule has 0 aromatic heterocycles. The molecule has 0 fully saturated rings. The molecule has 1 atom stereocenters. The molecule has 0 amide bonds. The molecule has 2 N–H and O–H groups in total. The van der Waals surface area contributed by atoms with Crippen molar-refractivity contribution in [2.75, 3.05) is 0 Å². The van der Waals surface area contributed by atoms with Crippen LogP contribution in [0.4, 0.5) is 4.39 Å². The van der Waals surface area contributed by atoms with E-state index in [0.717, 1.165) is 6.42 Å². The van der Waals surface area contributed by atoms with Crippen molar-refractivity contribution < 1.29 is 4.39 Å². The molecule has 74 valence electrons. The number of nitrogens with zero attached hydrogens (tertiary/aromatic N) is 1. The lowest BCUT2D eigenvalue weighted by molar-refractivity contribution is 0.587. The second-order valence-electron chi connectivity index (χ2n) is 3.41. The Kier molecular flexibility index (Phi) is 3.61. The van der Waals surface area contributed by atoms with Gasteiger partial charge in [0.1, 0.15) is 11.9 Å². The molecule has 0 heterocycles. The smallest absolute Gasteiger partial charge is 0.144 e. The Bertz CT molecular complexity index is 353. The summed E-state index contributed by atoms with van der Waals surface area (Å²) in [5, 5.41) is 8.61. The Morgan fingerprint density at radius 2 is 2.29 bits per heavy atom. The molecule has 14 heavy (non-hydrogen) atoms. The predicted octanol–water partition coefficient (Wildman–Crippen LogP) is 1.98. The van der Waals surface area contributed by atoms with Gasteiger partial charge in [-0.05, 0) is 31.4 Å². The number of nitriles is 1. The Labute approximate surface area is 83.2 Å². The third-order valence-corrected chi connectivity index (χ3v) is 2.07. The number of aryl methyl sites for hydroxylation is 1. The Morgan fingerprint density at radius 1 is 1.57 bits per heavy atom. The van der Waals surface area contributed by atoms with E-state index in [4.69, 9.17) is 11.0 Å². The first-order chi connectivity index (χ1) is 6.65. The van der Waals surface area contributed by atoms with Crippen LogP contribution in [0.25, 0.3) is 0 Å². The monoisotopic (exact) mass is 192 g/mol. The number of nitrogens with two attached hydrogens (primary N) is 1. The third kappa shape index (κ3) is 2.54. The van der Waals surface area contributed by atoms with Gasteiger partial charge in [0, 0.05) is 6.04 Å². The highest BCUT2D eigenvalue weighted by molar-refractivity contribution is 5.34. The molecular weight excluding hydrogens is 179 g/mol. The van der Waals surface area contributed by atoms with Crippen molar-refractivity contribution in [1.82, 2.24) is 0 Å². The maximum absolute atomic E-state index is 13.5. The van der Waals surface area contributed by atoms with E-state index in [1.54, 1.807) is 12.1 Å². The summed E-state index contributed by atoms with van der Waals surface area (Å²) in [5.74, 6) is -0.407. The van der Waals surface area contributed by atoms with Crippen LogP contribution in [0.1, 0.15) is 24.5 Å². The molecule has 0 saturated heterocycles. The van der Waals surface area contributed by atoms with Crippen LogP contribution in [0.2, 0.25) is 0 Å². The molecule has 2 nitrogen and oxygen atoms in total. The van der Waals surface area contributed by atoms with Gasteiger partial charge in [0.2, 0.25) is 0 Å². The zero-order valence-electron chi connectivity index (χ0n) is 8.13. The van der Waals surface area contributed by atoms with Crippen molar-refractivity contribution in [1.29, 1.82) is 5.26 Å². The number of hydrogen-bond acceptors (Lipinski definition) is 2. The lowest BCUT2D eigenvalue weighted by atomic mass is 10.0. The van der Waals surface area contributed by atoms with Crippen LogP contribution in [0.15, 0.2) is 18.2 Å². The van der Waals surface area contributed by atoms with E-state index in [0.29, 0.717) is 12.0 Å². The zero-order chi connectivity index (χ0) is 10.6. The minimum Gasteiger partial charge on any atom is -0.328 e. The van der Waals surface area contributed by atoms with Gasteiger partial charge in [-0.2, -0.15) is 5.26 Å². The molecule has 0 bridgehead atoms. The van der Waals surface area contributed by atoms with Crippen LogP contribution in [0.5, 0.6) is 0 Å². The van der Waals surface area contributed by atoms with E-state index >= 15 is 0 Å². The van der Waals surface area contributed by atoms with Gasteiger partial charge in [-0.15, -0.1) is 0 Å². The first-order valence-corrected chi connectivity index (χ1v) is 4.58. The Hall–Kier alpha value is -1.40. The fraction of sp³-hybridized carbons (Fsp3) is 0.364. The topological polar surface area (TPSA) is 49.8 Å². The second kappa shape index (κ2) is 4.73. The summed E-state index contributed by atoms with van der Waals surface area (Å²) in [7, 11) is 0. The van der Waals surface area contributed by atoms with Crippen molar-refractivity contribution >= 4 is 0 Å². The second-order valence-corrected chi connectivity index (χ2v) is 3.41. The maximum Gasteiger partial charge on any atom is 0.144 e. The van der Waals surface area contributed by atoms with Crippen molar-refractivity contribution in [3.8, 4) is 6.07 Å². The van der Waals surface area contributed by atoms with Crippen LogP contribution < -0.4 is 5.73 Å². The molecule has 0 spiro atoms. The van der Waals surface area contributed by atoms with E-state index in [1.165, 1.54) is 6.07 Å². The van der Waals surface area contributed by atoms with E-state index in [9.17, 15) is 4.39 Å². The molecule has 0 aliphatic heterocycles. The molecule has 0 saturated carbocycles. The van der Waals surface area contributed by atoms with Crippen LogP contribution in [-0.2, 0) is 6.42 Å². The minimum atomic E-state index is -0.407. The Balaban J connectivity index is 2.83. The molecule has 3 heteroatoms. The van der Waals surface area contributed by atoms with Gasteiger partial charge in [0.05, 0.1) is 5.56 Å². The van der Waals surface area contributed by atoms with Crippen molar-refractivity contribution in [2.24, 2.45) is 5.73 Å². The molecule has 0 aliphatic rings. The average Bonchev–Trinajstić information content (AvgIpc) is 2.16. The van der Waals surface area contributed by atoms with Gasteiger partial charge in [0.25, 0.3) is 0 Å². The minimum absolute atomic E-state index is 0.0557. The lowest BCUT2D eigenvalue weighted by Gasteiger charge is -2.06. The highest BCUT2D eigenvalue weighted by Crippen LogP contribution is 2.14. The van der Waals surface area contributed by atoms with Gasteiger partial charge in [-0.3, -0.25) is 0 Å². The van der Waals surface area contributed by atoms with E-state index in [1.807, 2.05) is 13.0 Å². The highest BCUT2D eigenvalue weighted by atomic mass is 19.1. The summed E-state index contributed by atoms with van der Waals surface area (Å²) in [5.41, 5.74) is 6.25. The fourth-order valence-electron chi connectivity index (χ4n) is 1.24. The van der Waals surface area contributed by atoms with Crippen LogP contribution in [0.3, 0.4) is 0 Å². The van der Waals surface area contributed by atoms with Crippen LogP contribution in [0, 0.1) is 17.1 Å². The summed E-state index contributed by atoms with van der Waals surface area (Å²) in [6.45, 7) is 1.88. The summed E-state index contributed by atoms with van der Waals surface area (Å²) in [6.07, 6.45) is 1.31. The zero-order valence-corrected chi connectivity index (χ0v) is 8.13. The van der Waals surface area contributed by atoms with Crippen molar-refractivity contribution in [2.45, 2.75) is 25.8 Å². The van der Waals surface area contributed by atoms with Crippen molar-refractivity contribution in [3.05, 3.63) is 35.1 Å². The largest absolute Gasteiger partial charge is 0.328 e. The quantitative estimate of drug-likeness (QED) is 0.796. The standard InChI is InChI=1S/C11H13FN2/c1-8(14)5-6-9-3-2-4-10(7-13)11(9)12/h2-4,8H,5-6,14H2,1H3/t8-/m0/s1. The number of benzene rings is 1. The van der Waals surface area contributed by atoms with Gasteiger partial charge in [-0.25, -0.2) is 4.39 Å². The first-order valence-electron chi connectivity index (χ1n) is 4.58. The van der Waals surface area contributed by atoms with Gasteiger partial charge >= 0.3 is 0 Å². The van der Waals surface area contributed by atoms with E-state index in [-0.39, 0.29) is 11.6 Å². The van der Waals surface area contributed by atoms with E-state index < -0.39 is 5.82 Å². The lowest BCUT2D eigenvalue weighted by Crippen LogP contribution is -2.15. The first kappa shape index (κ1) is 10.7. The summed E-state index contributed by atoms with van der Waals surface area (Å²) < 4.78 is 13.5. The normalized spacial score (nSPS) is 12.1. The highest BCUT2D eigenvalue weighted by Gasteiger charge is 2.07. The molecule has 1 rings (SSSR count). The van der Waals surface area contributed by atoms with Crippen LogP contribution >= 0.6 is 0 Å². The SMILES string of the molecule is C[C@H](N)CCc1cccc(C#N)c1F. The predicted molar refractivity (Wildman–Crippen MR) is 53.1 cm³/mol. The van der Waals surface area contributed by atoms with Gasteiger partial charge in [-0.1, -0.05) is 12.1 Å². The summed E-state index contributed by atoms with van der Waals surface area (Å²) >= 11 is 0. The number of halogens is 1. The third-order valence-electron chi connectivity index (χ3n) is 2.07. The van der Waals surface area contributed by atoms with E-state index in [2.05, 4.69) is 0 Å². The van der Waals surface area contributed by atoms with Crippen LogP contribution in [-0.4, -0.2) is 6.04 Å². The average molecular weight is 192 g/mol. The van der Waals surface area contributed by atoms with Crippen molar-refractivity contribution in [3.63, 3.8) is 0 Å². The van der Waals surface area contributed by atoms with Gasteiger partial charge < -0.3 is 5.73 Å². The summed E-state index contributed by atoms with van der Waals surface area (Å²) in [4.78, 5) is 0. The maximum atomic E-state index is 13.5. The van der Waals surface area contributed by atoms with Gasteiger partial charge in [0.15, 0.2) is 0 Å². The number of hydrogen-bond donors (Lipinski definition) is 1. The fourth-order valence-corrected chi connectivity index (χ4v) is 1.24. The molecule has 0 unspecified atom stereocenters. The molecular formula is C11H13FN2. The molecule has 1 aromatic carbocycles. The molecule has 0 radical (unpaired) electrons. The molecule has 0 aliphatic carbocycles. The molecule has 1 aromatic rings. The number of rotatable bonds is 3. The summed E-state index contributed by atoms with van der Waals surface area (Å²) in [6, 6.07) is 6.74. The Morgan fingerprint density at radius 3 is 2.86 bits per heavy atom.